The Morgan fingerprint density at radius 2 is 2.08 bits per heavy atom. The fourth-order valence-corrected chi connectivity index (χ4v) is 4.68. The average Bonchev–Trinajstić information content (AvgIpc) is 3.10. The minimum absolute atomic E-state index is 0.0102. The number of hydrogen-bond acceptors (Lipinski definition) is 4. The molecule has 130 valence electrons. The third-order valence-electron chi connectivity index (χ3n) is 5.79. The van der Waals surface area contributed by atoms with Crippen molar-refractivity contribution in [3.8, 4) is 0 Å². The van der Waals surface area contributed by atoms with E-state index in [0.29, 0.717) is 17.2 Å². The zero-order valence-corrected chi connectivity index (χ0v) is 13.7. The third kappa shape index (κ3) is 2.52. The first kappa shape index (κ1) is 15.9. The molecule has 0 aromatic heterocycles. The zero-order chi connectivity index (χ0) is 17.6. The Bertz CT molecular complexity index is 799. The third-order valence-corrected chi connectivity index (χ3v) is 5.79. The first-order valence-electron chi connectivity index (χ1n) is 8.70. The summed E-state index contributed by atoms with van der Waals surface area (Å²) in [6.45, 7) is 0. The van der Waals surface area contributed by atoms with Crippen LogP contribution in [0.25, 0.3) is 0 Å². The van der Waals surface area contributed by atoms with Gasteiger partial charge in [0, 0.05) is 18.0 Å². The van der Waals surface area contributed by atoms with E-state index in [-0.39, 0.29) is 29.1 Å². The number of carbonyl (C=O) groups is 1. The fourth-order valence-electron chi connectivity index (χ4n) is 4.68. The van der Waals surface area contributed by atoms with Gasteiger partial charge in [0.25, 0.3) is 5.69 Å². The lowest BCUT2D eigenvalue weighted by atomic mass is 9.71. The molecule has 6 nitrogen and oxygen atoms in total. The number of nitrogens with one attached hydrogen (secondary N) is 1. The van der Waals surface area contributed by atoms with Gasteiger partial charge in [-0.25, -0.2) is 4.79 Å². The second-order valence-corrected chi connectivity index (χ2v) is 7.05. The summed E-state index contributed by atoms with van der Waals surface area (Å²) < 4.78 is 0. The molecule has 4 rings (SSSR count). The molecule has 0 saturated carbocycles. The van der Waals surface area contributed by atoms with Gasteiger partial charge in [-0.05, 0) is 43.6 Å². The Labute approximate surface area is 145 Å². The molecule has 0 spiro atoms. The highest BCUT2D eigenvalue weighted by molar-refractivity contribution is 5.97. The van der Waals surface area contributed by atoms with Crippen LogP contribution >= 0.6 is 0 Å². The van der Waals surface area contributed by atoms with Crippen LogP contribution in [0.15, 0.2) is 36.4 Å². The molecule has 0 amide bonds. The summed E-state index contributed by atoms with van der Waals surface area (Å²) in [6, 6.07) is 2.82. The number of hydrogen-bond donors (Lipinski definition) is 2. The molecule has 6 heteroatoms. The number of anilines is 1. The lowest BCUT2D eigenvalue weighted by Gasteiger charge is -2.42. The highest BCUT2D eigenvalue weighted by atomic mass is 16.6. The number of rotatable bonds is 3. The number of fused-ring (bicyclic) bond motifs is 3. The van der Waals surface area contributed by atoms with E-state index in [9.17, 15) is 20.0 Å². The largest absolute Gasteiger partial charge is 0.478 e. The second-order valence-electron chi connectivity index (χ2n) is 7.05. The minimum Gasteiger partial charge on any atom is -0.478 e. The van der Waals surface area contributed by atoms with E-state index in [4.69, 9.17) is 0 Å². The summed E-state index contributed by atoms with van der Waals surface area (Å²) in [5, 5.41) is 24.5. The van der Waals surface area contributed by atoms with Crippen LogP contribution in [0.3, 0.4) is 0 Å². The quantitative estimate of drug-likeness (QED) is 0.491. The van der Waals surface area contributed by atoms with E-state index in [0.717, 1.165) is 25.7 Å². The van der Waals surface area contributed by atoms with Crippen LogP contribution in [0.1, 0.15) is 47.5 Å². The highest BCUT2D eigenvalue weighted by Crippen LogP contribution is 2.51. The van der Waals surface area contributed by atoms with Gasteiger partial charge < -0.3 is 10.4 Å². The Morgan fingerprint density at radius 3 is 2.76 bits per heavy atom. The summed E-state index contributed by atoms with van der Waals surface area (Å²) in [5.74, 6) is -0.480. The molecule has 1 aromatic rings. The van der Waals surface area contributed by atoms with Crippen molar-refractivity contribution in [2.24, 2.45) is 11.8 Å². The molecule has 0 fully saturated rings. The van der Waals surface area contributed by atoms with Crippen LogP contribution in [0, 0.1) is 22.0 Å². The smallest absolute Gasteiger partial charge is 0.337 e. The number of nitro benzene ring substituents is 1. The van der Waals surface area contributed by atoms with E-state index in [2.05, 4.69) is 23.5 Å². The molecule has 4 atom stereocenters. The molecule has 25 heavy (non-hydrogen) atoms. The maximum atomic E-state index is 11.7. The number of nitrogens with zero attached hydrogens (tertiary/aromatic N) is 1. The lowest BCUT2D eigenvalue weighted by molar-refractivity contribution is -0.385. The van der Waals surface area contributed by atoms with Crippen LogP contribution in [0.2, 0.25) is 0 Å². The van der Waals surface area contributed by atoms with Crippen molar-refractivity contribution < 1.29 is 14.8 Å². The van der Waals surface area contributed by atoms with E-state index < -0.39 is 10.9 Å². The number of carboxylic acid groups (broad SMARTS) is 1. The molecule has 0 bridgehead atoms. The van der Waals surface area contributed by atoms with E-state index in [1.165, 1.54) is 12.1 Å². The van der Waals surface area contributed by atoms with Gasteiger partial charge in [0.2, 0.25) is 0 Å². The Hall–Kier alpha value is -2.63. The molecule has 0 unspecified atom stereocenters. The number of aromatic carboxylic acids is 1. The summed E-state index contributed by atoms with van der Waals surface area (Å²) in [6.07, 6.45) is 12.4. The molecule has 2 aliphatic carbocycles. The van der Waals surface area contributed by atoms with Crippen molar-refractivity contribution in [2.75, 3.05) is 5.32 Å². The van der Waals surface area contributed by atoms with Crippen molar-refractivity contribution >= 4 is 17.3 Å². The summed E-state index contributed by atoms with van der Waals surface area (Å²) in [4.78, 5) is 22.8. The number of carboxylic acids is 1. The van der Waals surface area contributed by atoms with E-state index in [1.54, 1.807) is 0 Å². The molecule has 2 N–H and O–H groups in total. The minimum atomic E-state index is -1.05. The van der Waals surface area contributed by atoms with Crippen molar-refractivity contribution in [3.05, 3.63) is 57.7 Å². The van der Waals surface area contributed by atoms with Crippen LogP contribution in [0.5, 0.6) is 0 Å². The predicted octanol–water partition coefficient (Wildman–Crippen LogP) is 4.10. The van der Waals surface area contributed by atoms with Crippen LogP contribution in [-0.4, -0.2) is 22.0 Å². The molecule has 1 heterocycles. The van der Waals surface area contributed by atoms with Gasteiger partial charge >= 0.3 is 5.97 Å². The van der Waals surface area contributed by atoms with E-state index in [1.807, 2.05) is 6.08 Å². The van der Waals surface area contributed by atoms with Crippen LogP contribution in [0.4, 0.5) is 11.4 Å². The lowest BCUT2D eigenvalue weighted by Crippen LogP contribution is -2.42. The molecule has 3 aliphatic rings. The summed E-state index contributed by atoms with van der Waals surface area (Å²) in [5.41, 5.74) is 1.10. The summed E-state index contributed by atoms with van der Waals surface area (Å²) >= 11 is 0. The molecular weight excluding hydrogens is 320 g/mol. The SMILES string of the molecule is O=C(O)c1ccc([N+](=O)[O-])c2c1N[C@H]([C@H]1CC=CCC1)[C@@H]1CC=C[C@@H]21. The highest BCUT2D eigenvalue weighted by Gasteiger charge is 2.44. The van der Waals surface area contributed by atoms with Gasteiger partial charge in [-0.2, -0.15) is 0 Å². The standard InChI is InChI=1S/C19H20N2O4/c22-19(23)14-9-10-15(21(24)25)16-12-7-4-8-13(12)17(20-18(14)16)11-5-2-1-3-6-11/h1-2,4,7,9-13,17,20H,3,5-6,8H2,(H,22,23)/t11-,12+,13+,17+/m0/s1. The van der Waals surface area contributed by atoms with Crippen molar-refractivity contribution in [1.82, 2.24) is 0 Å². The van der Waals surface area contributed by atoms with Gasteiger partial charge in [0.1, 0.15) is 0 Å². The molecule has 1 aliphatic heterocycles. The normalized spacial score (nSPS) is 29.6. The fraction of sp³-hybridized carbons (Fsp3) is 0.421. The number of nitro groups is 1. The Morgan fingerprint density at radius 1 is 1.24 bits per heavy atom. The number of allylic oxidation sites excluding steroid dienone is 4. The first-order valence-corrected chi connectivity index (χ1v) is 8.70. The van der Waals surface area contributed by atoms with Crippen molar-refractivity contribution in [1.29, 1.82) is 0 Å². The number of benzene rings is 1. The molecule has 0 saturated heterocycles. The second kappa shape index (κ2) is 6.02. The van der Waals surface area contributed by atoms with Crippen LogP contribution in [-0.2, 0) is 0 Å². The Balaban J connectivity index is 1.85. The predicted molar refractivity (Wildman–Crippen MR) is 93.9 cm³/mol. The summed E-state index contributed by atoms with van der Waals surface area (Å²) in [7, 11) is 0. The molecular formula is C19H20N2O4. The van der Waals surface area contributed by atoms with Gasteiger partial charge in [-0.3, -0.25) is 10.1 Å². The molecule has 1 aromatic carbocycles. The van der Waals surface area contributed by atoms with E-state index >= 15 is 0 Å². The topological polar surface area (TPSA) is 92.5 Å². The first-order chi connectivity index (χ1) is 12.1. The maximum absolute atomic E-state index is 11.7. The Kier molecular flexibility index (Phi) is 3.82. The zero-order valence-electron chi connectivity index (χ0n) is 13.7. The van der Waals surface area contributed by atoms with Gasteiger partial charge in [-0.1, -0.05) is 24.3 Å². The average molecular weight is 340 g/mol. The van der Waals surface area contributed by atoms with Crippen LogP contribution < -0.4 is 5.32 Å². The van der Waals surface area contributed by atoms with Crippen molar-refractivity contribution in [2.45, 2.75) is 37.6 Å². The monoisotopic (exact) mass is 340 g/mol. The van der Waals surface area contributed by atoms with Gasteiger partial charge in [0.05, 0.1) is 21.7 Å². The molecule has 0 radical (unpaired) electrons. The van der Waals surface area contributed by atoms with Crippen molar-refractivity contribution in [3.63, 3.8) is 0 Å². The maximum Gasteiger partial charge on any atom is 0.337 e. The van der Waals surface area contributed by atoms with Gasteiger partial charge in [0.15, 0.2) is 0 Å². The van der Waals surface area contributed by atoms with Gasteiger partial charge in [-0.15, -0.1) is 0 Å².